The molecule has 4 heteroatoms. The van der Waals surface area contributed by atoms with E-state index in [0.717, 1.165) is 6.07 Å². The van der Waals surface area contributed by atoms with Crippen LogP contribution in [-0.4, -0.2) is 4.57 Å². The Morgan fingerprint density at radius 3 is 2.20 bits per heavy atom. The third-order valence-electron chi connectivity index (χ3n) is 2.26. The Balaban J connectivity index is 2.69. The van der Waals surface area contributed by atoms with Crippen LogP contribution in [0.15, 0.2) is 30.6 Å². The number of hydrogen-bond acceptors (Lipinski definition) is 0. The number of aromatic nitrogens is 1. The quantitative estimate of drug-likeness (QED) is 0.638. The Hall–Kier alpha value is -1.71. The molecule has 0 bridgehead atoms. The fourth-order valence-electron chi connectivity index (χ4n) is 1.44. The van der Waals surface area contributed by atoms with E-state index in [1.54, 1.807) is 24.5 Å². The fourth-order valence-corrected chi connectivity index (χ4v) is 1.44. The van der Waals surface area contributed by atoms with Gasteiger partial charge in [0.2, 0.25) is 0 Å². The first-order valence-electron chi connectivity index (χ1n) is 4.38. The minimum Gasteiger partial charge on any atom is -0.323 e. The van der Waals surface area contributed by atoms with Gasteiger partial charge in [-0.1, -0.05) is 0 Å². The van der Waals surface area contributed by atoms with E-state index in [-0.39, 0.29) is 5.56 Å². The van der Waals surface area contributed by atoms with Crippen LogP contribution in [0.4, 0.5) is 13.2 Å². The maximum absolute atomic E-state index is 13.2. The first-order valence-corrected chi connectivity index (χ1v) is 4.38. The summed E-state index contributed by atoms with van der Waals surface area (Å²) < 4.78 is 40.6. The lowest BCUT2D eigenvalue weighted by atomic mass is 10.1. The van der Waals surface area contributed by atoms with Gasteiger partial charge in [0.25, 0.3) is 0 Å². The molecule has 0 unspecified atom stereocenters. The summed E-state index contributed by atoms with van der Waals surface area (Å²) in [5.74, 6) is -3.75. The Morgan fingerprint density at radius 2 is 1.60 bits per heavy atom. The molecule has 0 saturated heterocycles. The molecule has 2 aromatic rings. The van der Waals surface area contributed by atoms with Crippen molar-refractivity contribution in [1.29, 1.82) is 0 Å². The van der Waals surface area contributed by atoms with Gasteiger partial charge in [0.05, 0.1) is 5.69 Å². The first kappa shape index (κ1) is 9.83. The maximum Gasteiger partial charge on any atom is 0.194 e. The van der Waals surface area contributed by atoms with Gasteiger partial charge in [-0.05, 0) is 19.1 Å². The molecule has 1 heterocycles. The molecule has 0 aliphatic carbocycles. The van der Waals surface area contributed by atoms with Crippen LogP contribution < -0.4 is 0 Å². The maximum atomic E-state index is 13.2. The molecule has 0 N–H and O–H groups in total. The summed E-state index contributed by atoms with van der Waals surface area (Å²) in [5, 5.41) is 0. The summed E-state index contributed by atoms with van der Waals surface area (Å²) >= 11 is 0. The first-order chi connectivity index (χ1) is 7.11. The fraction of sp³-hybridized carbons (Fsp3) is 0.0909. The highest BCUT2D eigenvalue weighted by Crippen LogP contribution is 2.22. The van der Waals surface area contributed by atoms with Crippen molar-refractivity contribution in [2.24, 2.45) is 0 Å². The average molecular weight is 211 g/mol. The molecule has 2 rings (SSSR count). The van der Waals surface area contributed by atoms with E-state index in [2.05, 4.69) is 0 Å². The summed E-state index contributed by atoms with van der Waals surface area (Å²) in [7, 11) is 0. The van der Waals surface area contributed by atoms with Gasteiger partial charge in [-0.25, -0.2) is 13.2 Å². The van der Waals surface area contributed by atoms with Gasteiger partial charge in [-0.2, -0.15) is 0 Å². The molecule has 0 radical (unpaired) electrons. The third-order valence-corrected chi connectivity index (χ3v) is 2.26. The second-order valence-corrected chi connectivity index (χ2v) is 3.22. The minimum absolute atomic E-state index is 0.0881. The largest absolute Gasteiger partial charge is 0.323 e. The smallest absolute Gasteiger partial charge is 0.194 e. The van der Waals surface area contributed by atoms with Gasteiger partial charge in [0, 0.05) is 24.0 Å². The average Bonchev–Trinajstić information content (AvgIpc) is 2.73. The van der Waals surface area contributed by atoms with Crippen molar-refractivity contribution in [3.05, 3.63) is 53.6 Å². The molecule has 0 aliphatic rings. The minimum atomic E-state index is -1.43. The zero-order valence-electron chi connectivity index (χ0n) is 7.97. The normalized spacial score (nSPS) is 10.7. The summed E-state index contributed by atoms with van der Waals surface area (Å²) in [6, 6.07) is 4.42. The lowest BCUT2D eigenvalue weighted by Crippen LogP contribution is -2.02. The summed E-state index contributed by atoms with van der Waals surface area (Å²) in [6.07, 6.45) is 3.28. The van der Waals surface area contributed by atoms with Gasteiger partial charge in [-0.3, -0.25) is 0 Å². The molecular weight excluding hydrogens is 203 g/mol. The molecule has 0 aliphatic heterocycles. The van der Waals surface area contributed by atoms with Gasteiger partial charge in [0.1, 0.15) is 0 Å². The monoisotopic (exact) mass is 211 g/mol. The Bertz CT molecular complexity index is 489. The van der Waals surface area contributed by atoms with Crippen LogP contribution in [0.2, 0.25) is 0 Å². The molecule has 0 spiro atoms. The Morgan fingerprint density at radius 1 is 1.00 bits per heavy atom. The molecule has 15 heavy (non-hydrogen) atoms. The molecule has 0 fully saturated rings. The van der Waals surface area contributed by atoms with Crippen molar-refractivity contribution in [3.63, 3.8) is 0 Å². The van der Waals surface area contributed by atoms with E-state index < -0.39 is 17.5 Å². The summed E-state index contributed by atoms with van der Waals surface area (Å²) in [5.41, 5.74) is 0.390. The summed E-state index contributed by atoms with van der Waals surface area (Å²) in [4.78, 5) is 0. The molecule has 0 saturated carbocycles. The summed E-state index contributed by atoms with van der Waals surface area (Å²) in [6.45, 7) is 1.41. The highest BCUT2D eigenvalue weighted by Gasteiger charge is 2.15. The van der Waals surface area contributed by atoms with Crippen LogP contribution >= 0.6 is 0 Å². The third kappa shape index (κ3) is 1.52. The van der Waals surface area contributed by atoms with Crippen molar-refractivity contribution in [3.8, 4) is 5.69 Å². The van der Waals surface area contributed by atoms with Crippen LogP contribution in [0.25, 0.3) is 5.69 Å². The van der Waals surface area contributed by atoms with Crippen molar-refractivity contribution in [1.82, 2.24) is 4.57 Å². The highest BCUT2D eigenvalue weighted by molar-refractivity contribution is 5.42. The molecule has 1 nitrogen and oxygen atoms in total. The predicted molar refractivity (Wildman–Crippen MR) is 50.4 cm³/mol. The second kappa shape index (κ2) is 3.46. The van der Waals surface area contributed by atoms with Crippen LogP contribution in [0.5, 0.6) is 0 Å². The zero-order valence-corrected chi connectivity index (χ0v) is 7.97. The van der Waals surface area contributed by atoms with E-state index >= 15 is 0 Å². The van der Waals surface area contributed by atoms with Crippen LogP contribution in [0, 0.1) is 24.4 Å². The van der Waals surface area contributed by atoms with Crippen molar-refractivity contribution in [2.45, 2.75) is 6.92 Å². The number of nitrogens with zero attached hydrogens (tertiary/aromatic N) is 1. The predicted octanol–water partition coefficient (Wildman–Crippen LogP) is 3.20. The molecule has 1 aromatic heterocycles. The number of hydrogen-bond donors (Lipinski definition) is 0. The van der Waals surface area contributed by atoms with Gasteiger partial charge < -0.3 is 4.57 Å². The molecule has 78 valence electrons. The van der Waals surface area contributed by atoms with E-state index in [9.17, 15) is 13.2 Å². The Labute approximate surface area is 84.8 Å². The number of halogens is 3. The molecular formula is C11H8F3N. The van der Waals surface area contributed by atoms with Gasteiger partial charge in [-0.15, -0.1) is 0 Å². The van der Waals surface area contributed by atoms with Gasteiger partial charge in [0.15, 0.2) is 17.5 Å². The SMILES string of the molecule is Cc1c(-n2cccc2)cc(F)c(F)c1F. The lowest BCUT2D eigenvalue weighted by Gasteiger charge is -2.09. The van der Waals surface area contributed by atoms with Crippen molar-refractivity contribution >= 4 is 0 Å². The van der Waals surface area contributed by atoms with Crippen LogP contribution in [0.1, 0.15) is 5.56 Å². The van der Waals surface area contributed by atoms with E-state index in [0.29, 0.717) is 5.69 Å². The van der Waals surface area contributed by atoms with Crippen molar-refractivity contribution < 1.29 is 13.2 Å². The zero-order chi connectivity index (χ0) is 11.0. The standard InChI is InChI=1S/C11H8F3N/c1-7-9(15-4-2-3-5-15)6-8(12)11(14)10(7)13/h2-6H,1H3. The molecule has 0 atom stereocenters. The van der Waals surface area contributed by atoms with Crippen molar-refractivity contribution in [2.75, 3.05) is 0 Å². The van der Waals surface area contributed by atoms with E-state index in [1.165, 1.54) is 11.5 Å². The van der Waals surface area contributed by atoms with Gasteiger partial charge >= 0.3 is 0 Å². The van der Waals surface area contributed by atoms with E-state index in [1.807, 2.05) is 0 Å². The number of benzene rings is 1. The highest BCUT2D eigenvalue weighted by atomic mass is 19.2. The lowest BCUT2D eigenvalue weighted by molar-refractivity contribution is 0.442. The molecule has 0 amide bonds. The Kier molecular flexibility index (Phi) is 2.26. The second-order valence-electron chi connectivity index (χ2n) is 3.22. The van der Waals surface area contributed by atoms with Crippen LogP contribution in [-0.2, 0) is 0 Å². The van der Waals surface area contributed by atoms with Crippen LogP contribution in [0.3, 0.4) is 0 Å². The van der Waals surface area contributed by atoms with E-state index in [4.69, 9.17) is 0 Å². The molecule has 1 aromatic carbocycles. The number of rotatable bonds is 1. The topological polar surface area (TPSA) is 4.93 Å².